The molecule has 2 nitrogen and oxygen atoms in total. The zero-order valence-electron chi connectivity index (χ0n) is 11.4. The molecule has 2 heteroatoms. The van der Waals surface area contributed by atoms with E-state index in [4.69, 9.17) is 4.74 Å². The largest absolute Gasteiger partial charge is 0.378 e. The molecule has 0 aromatic heterocycles. The van der Waals surface area contributed by atoms with E-state index in [2.05, 4.69) is 25.7 Å². The van der Waals surface area contributed by atoms with E-state index < -0.39 is 0 Å². The lowest BCUT2D eigenvalue weighted by Crippen LogP contribution is -2.55. The van der Waals surface area contributed by atoms with Crippen molar-refractivity contribution in [2.24, 2.45) is 5.41 Å². The summed E-state index contributed by atoms with van der Waals surface area (Å²) in [6, 6.07) is 0.898. The highest BCUT2D eigenvalue weighted by molar-refractivity contribution is 4.98. The molecule has 16 heavy (non-hydrogen) atoms. The predicted molar refractivity (Wildman–Crippen MR) is 67.6 cm³/mol. The molecule has 2 rings (SSSR count). The van der Waals surface area contributed by atoms with Crippen LogP contribution in [0.2, 0.25) is 0 Å². The van der Waals surface area contributed by atoms with Crippen molar-refractivity contribution in [3.05, 3.63) is 0 Å². The Kier molecular flexibility index (Phi) is 3.33. The van der Waals surface area contributed by atoms with Crippen LogP contribution in [0.5, 0.6) is 0 Å². The van der Waals surface area contributed by atoms with Gasteiger partial charge < -0.3 is 9.64 Å². The number of ether oxygens (including phenoxy) is 1. The van der Waals surface area contributed by atoms with Crippen molar-refractivity contribution in [1.82, 2.24) is 4.90 Å². The molecule has 1 aliphatic carbocycles. The molecule has 1 saturated heterocycles. The lowest BCUT2D eigenvalue weighted by atomic mass is 9.70. The van der Waals surface area contributed by atoms with Gasteiger partial charge in [-0.2, -0.15) is 0 Å². The van der Waals surface area contributed by atoms with Crippen LogP contribution in [0.25, 0.3) is 0 Å². The Labute approximate surface area is 100 Å². The van der Waals surface area contributed by atoms with Crippen molar-refractivity contribution in [2.75, 3.05) is 20.2 Å². The normalized spacial score (nSPS) is 27.8. The number of hydrogen-bond donors (Lipinski definition) is 0. The first-order valence-corrected chi connectivity index (χ1v) is 6.78. The topological polar surface area (TPSA) is 12.5 Å². The van der Waals surface area contributed by atoms with Crippen LogP contribution in [0.3, 0.4) is 0 Å². The van der Waals surface area contributed by atoms with Gasteiger partial charge in [0.15, 0.2) is 0 Å². The Bertz CT molecular complexity index is 232. The Hall–Kier alpha value is -0.0800. The number of likely N-dealkylation sites (tertiary alicyclic amines) is 1. The standard InChI is InChI=1S/C14H27NO/c1-13(2,3)14(16-4)8-10-15(11-9-14)12-6-5-7-12/h12H,5-11H2,1-4H3. The zero-order chi connectivity index (χ0) is 11.8. The van der Waals surface area contributed by atoms with Crippen LogP contribution < -0.4 is 0 Å². The maximum absolute atomic E-state index is 5.90. The molecule has 0 spiro atoms. The minimum atomic E-state index is 0.104. The van der Waals surface area contributed by atoms with Crippen LogP contribution in [0.15, 0.2) is 0 Å². The van der Waals surface area contributed by atoms with Crippen LogP contribution in [-0.4, -0.2) is 36.7 Å². The van der Waals surface area contributed by atoms with Gasteiger partial charge in [-0.25, -0.2) is 0 Å². The van der Waals surface area contributed by atoms with Gasteiger partial charge in [0.1, 0.15) is 0 Å². The van der Waals surface area contributed by atoms with E-state index in [0.717, 1.165) is 6.04 Å². The van der Waals surface area contributed by atoms with Gasteiger partial charge in [0.2, 0.25) is 0 Å². The molecule has 0 unspecified atom stereocenters. The first-order valence-electron chi connectivity index (χ1n) is 6.78. The third-order valence-corrected chi connectivity index (χ3v) is 4.95. The van der Waals surface area contributed by atoms with Crippen molar-refractivity contribution in [3.8, 4) is 0 Å². The van der Waals surface area contributed by atoms with Crippen LogP contribution >= 0.6 is 0 Å². The van der Waals surface area contributed by atoms with Crippen molar-refractivity contribution in [1.29, 1.82) is 0 Å². The lowest BCUT2D eigenvalue weighted by Gasteiger charge is -2.51. The Balaban J connectivity index is 1.96. The molecule has 2 fully saturated rings. The van der Waals surface area contributed by atoms with Crippen molar-refractivity contribution in [3.63, 3.8) is 0 Å². The fourth-order valence-corrected chi connectivity index (χ4v) is 3.26. The Morgan fingerprint density at radius 3 is 2.00 bits per heavy atom. The first kappa shape index (κ1) is 12.4. The van der Waals surface area contributed by atoms with Crippen molar-refractivity contribution < 1.29 is 4.74 Å². The smallest absolute Gasteiger partial charge is 0.0751 e. The number of methoxy groups -OCH3 is 1. The molecule has 0 aromatic carbocycles. The second-order valence-electron chi connectivity index (χ2n) is 6.57. The molecule has 0 atom stereocenters. The van der Waals surface area contributed by atoms with Crippen LogP contribution in [0, 0.1) is 5.41 Å². The summed E-state index contributed by atoms with van der Waals surface area (Å²) in [7, 11) is 1.89. The second-order valence-corrected chi connectivity index (χ2v) is 6.57. The highest BCUT2D eigenvalue weighted by atomic mass is 16.5. The van der Waals surface area contributed by atoms with Gasteiger partial charge >= 0.3 is 0 Å². The number of piperidine rings is 1. The number of hydrogen-bond acceptors (Lipinski definition) is 2. The molecule has 94 valence electrons. The van der Waals surface area contributed by atoms with E-state index in [0.29, 0.717) is 0 Å². The highest BCUT2D eigenvalue weighted by Crippen LogP contribution is 2.42. The third kappa shape index (κ3) is 2.02. The molecule has 1 heterocycles. The molecule has 0 N–H and O–H groups in total. The fraction of sp³-hybridized carbons (Fsp3) is 1.00. The lowest BCUT2D eigenvalue weighted by molar-refractivity contribution is -0.133. The maximum Gasteiger partial charge on any atom is 0.0751 e. The summed E-state index contributed by atoms with van der Waals surface area (Å²) >= 11 is 0. The van der Waals surface area contributed by atoms with E-state index in [1.54, 1.807) is 0 Å². The Morgan fingerprint density at radius 2 is 1.69 bits per heavy atom. The SMILES string of the molecule is COC1(C(C)(C)C)CCN(C2CCC2)CC1. The van der Waals surface area contributed by atoms with E-state index >= 15 is 0 Å². The summed E-state index contributed by atoms with van der Waals surface area (Å²) in [6.07, 6.45) is 6.69. The summed E-state index contributed by atoms with van der Waals surface area (Å²) in [4.78, 5) is 2.69. The van der Waals surface area contributed by atoms with Crippen molar-refractivity contribution in [2.45, 2.75) is 64.5 Å². The maximum atomic E-state index is 5.90. The van der Waals surface area contributed by atoms with Gasteiger partial charge in [0, 0.05) is 26.2 Å². The van der Waals surface area contributed by atoms with Crippen molar-refractivity contribution >= 4 is 0 Å². The molecular weight excluding hydrogens is 198 g/mol. The van der Waals surface area contributed by atoms with Crippen LogP contribution in [-0.2, 0) is 4.74 Å². The van der Waals surface area contributed by atoms with Crippen LogP contribution in [0.1, 0.15) is 52.9 Å². The van der Waals surface area contributed by atoms with E-state index in [-0.39, 0.29) is 11.0 Å². The molecule has 1 aliphatic heterocycles. The molecule has 2 aliphatic rings. The van der Waals surface area contributed by atoms with Gasteiger partial charge in [-0.1, -0.05) is 27.2 Å². The van der Waals surface area contributed by atoms with E-state index in [9.17, 15) is 0 Å². The number of nitrogens with zero attached hydrogens (tertiary/aromatic N) is 1. The summed E-state index contributed by atoms with van der Waals surface area (Å²) in [6.45, 7) is 9.41. The first-order chi connectivity index (χ1) is 7.48. The average Bonchev–Trinajstić information content (AvgIpc) is 2.15. The summed E-state index contributed by atoms with van der Waals surface area (Å²) in [5.74, 6) is 0. The molecule has 0 radical (unpaired) electrons. The number of rotatable bonds is 2. The van der Waals surface area contributed by atoms with Gasteiger partial charge in [-0.3, -0.25) is 0 Å². The minimum absolute atomic E-state index is 0.104. The summed E-state index contributed by atoms with van der Waals surface area (Å²) < 4.78 is 5.90. The van der Waals surface area contributed by atoms with Crippen LogP contribution in [0.4, 0.5) is 0 Å². The summed E-state index contributed by atoms with van der Waals surface area (Å²) in [5.41, 5.74) is 0.362. The molecule has 0 bridgehead atoms. The second kappa shape index (κ2) is 4.30. The fourth-order valence-electron chi connectivity index (χ4n) is 3.26. The average molecular weight is 225 g/mol. The van der Waals surface area contributed by atoms with E-state index in [1.165, 1.54) is 45.2 Å². The molecule has 0 aromatic rings. The Morgan fingerprint density at radius 1 is 1.12 bits per heavy atom. The van der Waals surface area contributed by atoms with Gasteiger partial charge in [-0.05, 0) is 31.1 Å². The van der Waals surface area contributed by atoms with Gasteiger partial charge in [0.25, 0.3) is 0 Å². The molecular formula is C14H27NO. The van der Waals surface area contributed by atoms with E-state index in [1.807, 2.05) is 7.11 Å². The zero-order valence-corrected chi connectivity index (χ0v) is 11.4. The molecule has 0 amide bonds. The minimum Gasteiger partial charge on any atom is -0.378 e. The highest BCUT2D eigenvalue weighted by Gasteiger charge is 2.45. The van der Waals surface area contributed by atoms with Gasteiger partial charge in [0.05, 0.1) is 5.60 Å². The quantitative estimate of drug-likeness (QED) is 0.716. The predicted octanol–water partition coefficient (Wildman–Crippen LogP) is 3.07. The third-order valence-electron chi connectivity index (χ3n) is 4.95. The monoisotopic (exact) mass is 225 g/mol. The van der Waals surface area contributed by atoms with Gasteiger partial charge in [-0.15, -0.1) is 0 Å². The molecule has 1 saturated carbocycles. The summed E-state index contributed by atoms with van der Waals surface area (Å²) in [5, 5.41) is 0.